The Kier molecular flexibility index (Phi) is 5.52. The van der Waals surface area contributed by atoms with Gasteiger partial charge in [-0.2, -0.15) is 0 Å². The number of aromatic nitrogens is 4. The van der Waals surface area contributed by atoms with Crippen LogP contribution in [-0.2, 0) is 10.0 Å². The molecule has 2 aromatic heterocycles. The molecule has 2 N–H and O–H groups in total. The summed E-state index contributed by atoms with van der Waals surface area (Å²) in [6, 6.07) is 13.1. The van der Waals surface area contributed by atoms with Gasteiger partial charge in [-0.05, 0) is 37.3 Å². The summed E-state index contributed by atoms with van der Waals surface area (Å²) in [5, 5.41) is 14.0. The lowest BCUT2D eigenvalue weighted by Gasteiger charge is -2.10. The van der Waals surface area contributed by atoms with E-state index in [1.165, 1.54) is 24.5 Å². The minimum absolute atomic E-state index is 0.197. The average molecular weight is 451 g/mol. The number of nitrogens with one attached hydrogen (secondary N) is 2. The van der Waals surface area contributed by atoms with Crippen LogP contribution < -0.4 is 10.0 Å². The topological polar surface area (TPSA) is 145 Å². The van der Waals surface area contributed by atoms with E-state index in [4.69, 9.17) is 0 Å². The fraction of sp³-hybridized carbons (Fsp3) is 0.0500. The maximum Gasteiger partial charge on any atom is 0.270 e. The second-order valence-corrected chi connectivity index (χ2v) is 8.35. The van der Waals surface area contributed by atoms with E-state index in [0.717, 1.165) is 11.9 Å². The first-order chi connectivity index (χ1) is 15.3. The Labute approximate surface area is 183 Å². The van der Waals surface area contributed by atoms with Gasteiger partial charge in [-0.15, -0.1) is 0 Å². The van der Waals surface area contributed by atoms with Gasteiger partial charge in [-0.3, -0.25) is 19.4 Å². The molecular formula is C20H17N7O4S. The quantitative estimate of drug-likeness (QED) is 0.321. The number of nitrogens with zero attached hydrogens (tertiary/aromatic N) is 5. The number of nitro benzene ring substituents is 1. The highest BCUT2D eigenvalue weighted by molar-refractivity contribution is 7.92. The molecule has 0 aliphatic heterocycles. The summed E-state index contributed by atoms with van der Waals surface area (Å²) in [4.78, 5) is 22.7. The van der Waals surface area contributed by atoms with E-state index in [-0.39, 0.29) is 10.6 Å². The summed E-state index contributed by atoms with van der Waals surface area (Å²) >= 11 is 0. The molecule has 0 saturated carbocycles. The third-order valence-corrected chi connectivity index (χ3v) is 5.85. The first kappa shape index (κ1) is 20.9. The minimum atomic E-state index is -3.98. The SMILES string of the molecule is Cc1nccn1-c1cc(Nc2ccc(NS(=O)(=O)c3cccc([N+](=O)[O-])c3)cc2)ncn1. The molecule has 0 spiro atoms. The highest BCUT2D eigenvalue weighted by Crippen LogP contribution is 2.23. The van der Waals surface area contributed by atoms with Gasteiger partial charge in [0, 0.05) is 42.0 Å². The van der Waals surface area contributed by atoms with Crippen LogP contribution in [0.15, 0.2) is 78.2 Å². The molecule has 2 aromatic carbocycles. The predicted octanol–water partition coefficient (Wildman–Crippen LogP) is 3.42. The molecule has 12 heteroatoms. The number of benzene rings is 2. The highest BCUT2D eigenvalue weighted by atomic mass is 32.2. The van der Waals surface area contributed by atoms with Gasteiger partial charge in [-0.25, -0.2) is 23.4 Å². The molecule has 11 nitrogen and oxygen atoms in total. The fourth-order valence-electron chi connectivity index (χ4n) is 2.92. The monoisotopic (exact) mass is 451 g/mol. The predicted molar refractivity (Wildman–Crippen MR) is 118 cm³/mol. The van der Waals surface area contributed by atoms with E-state index in [0.29, 0.717) is 23.0 Å². The first-order valence-electron chi connectivity index (χ1n) is 9.28. The average Bonchev–Trinajstić information content (AvgIpc) is 3.21. The van der Waals surface area contributed by atoms with Crippen LogP contribution in [0.2, 0.25) is 0 Å². The van der Waals surface area contributed by atoms with Gasteiger partial charge in [0.1, 0.15) is 23.8 Å². The van der Waals surface area contributed by atoms with Crippen molar-refractivity contribution in [1.29, 1.82) is 0 Å². The number of rotatable bonds is 7. The Hall–Kier alpha value is -4.32. The maximum atomic E-state index is 12.6. The van der Waals surface area contributed by atoms with Crippen molar-refractivity contribution in [2.24, 2.45) is 0 Å². The van der Waals surface area contributed by atoms with Gasteiger partial charge >= 0.3 is 0 Å². The summed E-state index contributed by atoms with van der Waals surface area (Å²) in [5.74, 6) is 1.99. The molecule has 0 fully saturated rings. The molecule has 0 saturated heterocycles. The molecule has 32 heavy (non-hydrogen) atoms. The third-order valence-electron chi connectivity index (χ3n) is 4.47. The molecule has 0 atom stereocenters. The van der Waals surface area contributed by atoms with E-state index in [2.05, 4.69) is 25.0 Å². The van der Waals surface area contributed by atoms with Crippen LogP contribution >= 0.6 is 0 Å². The molecule has 0 unspecified atom stereocenters. The molecule has 4 rings (SSSR count). The fourth-order valence-corrected chi connectivity index (χ4v) is 4.01. The highest BCUT2D eigenvalue weighted by Gasteiger charge is 2.17. The summed E-state index contributed by atoms with van der Waals surface area (Å²) in [6.07, 6.45) is 4.90. The molecule has 0 radical (unpaired) electrons. The van der Waals surface area contributed by atoms with Gasteiger partial charge in [0.25, 0.3) is 15.7 Å². The minimum Gasteiger partial charge on any atom is -0.340 e. The van der Waals surface area contributed by atoms with Crippen LogP contribution in [-0.4, -0.2) is 32.9 Å². The lowest BCUT2D eigenvalue weighted by molar-refractivity contribution is -0.385. The van der Waals surface area contributed by atoms with Crippen molar-refractivity contribution >= 4 is 32.9 Å². The van der Waals surface area contributed by atoms with Crippen LogP contribution in [0, 0.1) is 17.0 Å². The lowest BCUT2D eigenvalue weighted by Crippen LogP contribution is -2.13. The van der Waals surface area contributed by atoms with E-state index >= 15 is 0 Å². The van der Waals surface area contributed by atoms with E-state index in [1.807, 2.05) is 11.5 Å². The molecule has 0 amide bonds. The molecule has 4 aromatic rings. The molecule has 0 bridgehead atoms. The second kappa shape index (κ2) is 8.43. The second-order valence-electron chi connectivity index (χ2n) is 6.67. The van der Waals surface area contributed by atoms with Crippen molar-refractivity contribution < 1.29 is 13.3 Å². The number of imidazole rings is 1. The largest absolute Gasteiger partial charge is 0.340 e. The zero-order valence-electron chi connectivity index (χ0n) is 16.7. The smallest absolute Gasteiger partial charge is 0.270 e. The third kappa shape index (κ3) is 4.54. The Balaban J connectivity index is 1.49. The van der Waals surface area contributed by atoms with Crippen molar-refractivity contribution in [3.8, 4) is 5.82 Å². The Morgan fingerprint density at radius 2 is 1.75 bits per heavy atom. The number of hydrogen-bond donors (Lipinski definition) is 2. The van der Waals surface area contributed by atoms with Crippen LogP contribution in [0.3, 0.4) is 0 Å². The molecular weight excluding hydrogens is 434 g/mol. The van der Waals surface area contributed by atoms with Crippen LogP contribution in [0.5, 0.6) is 0 Å². The van der Waals surface area contributed by atoms with Crippen LogP contribution in [0.4, 0.5) is 22.9 Å². The summed E-state index contributed by atoms with van der Waals surface area (Å²) in [6.45, 7) is 1.86. The number of sulfonamides is 1. The van der Waals surface area contributed by atoms with Crippen molar-refractivity contribution in [2.45, 2.75) is 11.8 Å². The number of nitro groups is 1. The van der Waals surface area contributed by atoms with E-state index < -0.39 is 14.9 Å². The summed E-state index contributed by atoms with van der Waals surface area (Å²) in [7, 11) is -3.98. The van der Waals surface area contributed by atoms with E-state index in [9.17, 15) is 18.5 Å². The van der Waals surface area contributed by atoms with Gasteiger partial charge < -0.3 is 5.32 Å². The number of aryl methyl sites for hydroxylation is 1. The summed E-state index contributed by atoms with van der Waals surface area (Å²) < 4.78 is 29.3. The van der Waals surface area contributed by atoms with Crippen LogP contribution in [0.1, 0.15) is 5.82 Å². The van der Waals surface area contributed by atoms with Crippen molar-refractivity contribution in [3.63, 3.8) is 0 Å². The normalized spacial score (nSPS) is 11.2. The Morgan fingerprint density at radius 1 is 1.00 bits per heavy atom. The number of hydrogen-bond acceptors (Lipinski definition) is 8. The van der Waals surface area contributed by atoms with E-state index in [1.54, 1.807) is 42.7 Å². The molecule has 162 valence electrons. The zero-order valence-corrected chi connectivity index (χ0v) is 17.5. The van der Waals surface area contributed by atoms with Crippen molar-refractivity contribution in [1.82, 2.24) is 19.5 Å². The first-order valence-corrected chi connectivity index (χ1v) is 10.8. The van der Waals surface area contributed by atoms with Gasteiger partial charge in [0.2, 0.25) is 0 Å². The van der Waals surface area contributed by atoms with Gasteiger partial charge in [0.05, 0.1) is 9.82 Å². The number of non-ortho nitro benzene ring substituents is 1. The van der Waals surface area contributed by atoms with Crippen LogP contribution in [0.25, 0.3) is 5.82 Å². The maximum absolute atomic E-state index is 12.6. The Bertz CT molecular complexity index is 1390. The molecule has 0 aliphatic rings. The van der Waals surface area contributed by atoms with Crippen molar-refractivity contribution in [2.75, 3.05) is 10.0 Å². The van der Waals surface area contributed by atoms with Crippen molar-refractivity contribution in [3.05, 3.63) is 89.3 Å². The standard InChI is InChI=1S/C20H17N7O4S/c1-14-21-9-10-26(14)20-12-19(22-13-23-20)24-15-5-7-16(8-6-15)25-32(30,31)18-4-2-3-17(11-18)27(28)29/h2-13,25H,1H3,(H,22,23,24). The summed E-state index contributed by atoms with van der Waals surface area (Å²) in [5.41, 5.74) is 0.678. The van der Waals surface area contributed by atoms with Gasteiger partial charge in [0.15, 0.2) is 0 Å². The van der Waals surface area contributed by atoms with Gasteiger partial charge in [-0.1, -0.05) is 6.07 Å². The number of anilines is 3. The molecule has 0 aliphatic carbocycles. The zero-order chi connectivity index (χ0) is 22.7. The molecule has 2 heterocycles. The Morgan fingerprint density at radius 3 is 2.44 bits per heavy atom. The lowest BCUT2D eigenvalue weighted by atomic mass is 10.3.